The minimum atomic E-state index is -1.05. The van der Waals surface area contributed by atoms with Gasteiger partial charge in [0.15, 0.2) is 0 Å². The van der Waals surface area contributed by atoms with Crippen molar-refractivity contribution in [2.24, 2.45) is 17.2 Å². The van der Waals surface area contributed by atoms with E-state index in [1.807, 2.05) is 0 Å². The van der Waals surface area contributed by atoms with E-state index < -0.39 is 24.0 Å². The molecule has 13 heavy (non-hydrogen) atoms. The first-order valence-corrected chi connectivity index (χ1v) is 3.98. The van der Waals surface area contributed by atoms with Crippen LogP contribution in [0.15, 0.2) is 0 Å². The summed E-state index contributed by atoms with van der Waals surface area (Å²) in [5.74, 6) is -1.63. The van der Waals surface area contributed by atoms with Gasteiger partial charge in [-0.1, -0.05) is 0 Å². The highest BCUT2D eigenvalue weighted by atomic mass is 16.4. The van der Waals surface area contributed by atoms with Crippen LogP contribution in [0.25, 0.3) is 0 Å². The monoisotopic (exact) mass is 189 g/mol. The van der Waals surface area contributed by atoms with Gasteiger partial charge < -0.3 is 22.3 Å². The Kier molecular flexibility index (Phi) is 5.01. The third kappa shape index (κ3) is 5.15. The number of hydrogen-bond donors (Lipinski definition) is 4. The van der Waals surface area contributed by atoms with E-state index in [1.54, 1.807) is 0 Å². The zero-order valence-electron chi connectivity index (χ0n) is 7.27. The van der Waals surface area contributed by atoms with Gasteiger partial charge in [0.1, 0.15) is 6.04 Å². The molecule has 0 aliphatic heterocycles. The van der Waals surface area contributed by atoms with Crippen LogP contribution in [0.5, 0.6) is 0 Å². The van der Waals surface area contributed by atoms with Gasteiger partial charge >= 0.3 is 5.97 Å². The summed E-state index contributed by atoms with van der Waals surface area (Å²) in [6.07, 6.45) is 1.16. The van der Waals surface area contributed by atoms with Crippen molar-refractivity contribution in [1.29, 1.82) is 0 Å². The van der Waals surface area contributed by atoms with Crippen LogP contribution in [0.4, 0.5) is 0 Å². The van der Waals surface area contributed by atoms with E-state index >= 15 is 0 Å². The molecule has 6 nitrogen and oxygen atoms in total. The number of hydrogen-bond acceptors (Lipinski definition) is 4. The lowest BCUT2D eigenvalue weighted by Gasteiger charge is -2.08. The summed E-state index contributed by atoms with van der Waals surface area (Å²) in [5.41, 5.74) is 15.4. The Balaban J connectivity index is 3.56. The summed E-state index contributed by atoms with van der Waals surface area (Å²) in [4.78, 5) is 20.7. The number of carboxylic acids is 1. The quantitative estimate of drug-likeness (QED) is 0.398. The third-order valence-electron chi connectivity index (χ3n) is 1.71. The molecule has 0 aliphatic carbocycles. The Morgan fingerprint density at radius 1 is 1.15 bits per heavy atom. The number of carboxylic acid groups (broad SMARTS) is 1. The number of amides is 1. The maximum atomic E-state index is 10.5. The van der Waals surface area contributed by atoms with Crippen LogP contribution in [0.2, 0.25) is 0 Å². The summed E-state index contributed by atoms with van der Waals surface area (Å²) in [5, 5.41) is 8.41. The van der Waals surface area contributed by atoms with E-state index in [0.717, 1.165) is 0 Å². The predicted octanol–water partition coefficient (Wildman–Crippen LogP) is -1.62. The number of nitrogens with two attached hydrogens (primary N) is 3. The molecule has 0 aliphatic rings. The van der Waals surface area contributed by atoms with Crippen LogP contribution in [0.1, 0.15) is 19.3 Å². The average molecular weight is 189 g/mol. The van der Waals surface area contributed by atoms with Gasteiger partial charge in [-0.05, 0) is 19.3 Å². The molecule has 0 rings (SSSR count). The molecule has 0 saturated heterocycles. The second kappa shape index (κ2) is 5.50. The predicted molar refractivity (Wildman–Crippen MR) is 46.6 cm³/mol. The van der Waals surface area contributed by atoms with Crippen LogP contribution >= 0.6 is 0 Å². The van der Waals surface area contributed by atoms with Crippen molar-refractivity contribution in [2.75, 3.05) is 0 Å². The molecule has 2 atom stereocenters. The first-order valence-electron chi connectivity index (χ1n) is 3.98. The van der Waals surface area contributed by atoms with Crippen molar-refractivity contribution in [1.82, 2.24) is 0 Å². The molecule has 0 aromatic heterocycles. The number of primary amides is 1. The fraction of sp³-hybridized carbons (Fsp3) is 0.714. The fourth-order valence-corrected chi connectivity index (χ4v) is 0.823. The lowest BCUT2D eigenvalue weighted by Crippen LogP contribution is -2.37. The molecule has 0 bridgehead atoms. The Labute approximate surface area is 76.1 Å². The molecule has 0 spiro atoms. The van der Waals surface area contributed by atoms with Gasteiger partial charge in [-0.15, -0.1) is 0 Å². The summed E-state index contributed by atoms with van der Waals surface area (Å²) in [6.45, 7) is 0. The van der Waals surface area contributed by atoms with E-state index in [-0.39, 0.29) is 0 Å². The zero-order chi connectivity index (χ0) is 10.4. The maximum absolute atomic E-state index is 10.5. The van der Waals surface area contributed by atoms with E-state index in [0.29, 0.717) is 19.3 Å². The van der Waals surface area contributed by atoms with Gasteiger partial charge in [0.05, 0.1) is 6.04 Å². The zero-order valence-corrected chi connectivity index (χ0v) is 7.27. The molecular formula is C7H15N3O3. The van der Waals surface area contributed by atoms with Crippen molar-refractivity contribution in [3.8, 4) is 0 Å². The smallest absolute Gasteiger partial charge is 0.320 e. The molecule has 1 amide bonds. The van der Waals surface area contributed by atoms with Crippen LogP contribution in [-0.2, 0) is 9.59 Å². The average Bonchev–Trinajstić information content (AvgIpc) is 2.03. The van der Waals surface area contributed by atoms with Gasteiger partial charge in [-0.25, -0.2) is 0 Å². The van der Waals surface area contributed by atoms with Crippen LogP contribution in [0, 0.1) is 0 Å². The molecule has 0 aromatic carbocycles. The second-order valence-corrected chi connectivity index (χ2v) is 2.88. The van der Waals surface area contributed by atoms with Crippen molar-refractivity contribution in [3.05, 3.63) is 0 Å². The van der Waals surface area contributed by atoms with E-state index in [9.17, 15) is 9.59 Å². The Bertz CT molecular complexity index is 175. The van der Waals surface area contributed by atoms with E-state index in [4.69, 9.17) is 22.3 Å². The second-order valence-electron chi connectivity index (χ2n) is 2.88. The molecule has 76 valence electrons. The standard InChI is InChI=1S/C7H15N3O3/c8-4(6(10)11)2-1-3-5(9)7(12)13/h4-5H,1-3,8-9H2,(H2,10,11)(H,12,13)/t4?,5-/m0/s1. The van der Waals surface area contributed by atoms with Crippen molar-refractivity contribution >= 4 is 11.9 Å². The molecule has 0 fully saturated rings. The minimum absolute atomic E-state index is 0.302. The Hall–Kier alpha value is -1.14. The third-order valence-corrected chi connectivity index (χ3v) is 1.71. The van der Waals surface area contributed by atoms with Gasteiger partial charge in [0.2, 0.25) is 5.91 Å². The number of aliphatic carboxylic acids is 1. The first-order chi connectivity index (χ1) is 5.95. The van der Waals surface area contributed by atoms with Crippen LogP contribution in [-0.4, -0.2) is 29.1 Å². The summed E-state index contributed by atoms with van der Waals surface area (Å²) < 4.78 is 0. The summed E-state index contributed by atoms with van der Waals surface area (Å²) in [7, 11) is 0. The summed E-state index contributed by atoms with van der Waals surface area (Å²) in [6, 6.07) is -1.60. The van der Waals surface area contributed by atoms with Gasteiger partial charge in [-0.2, -0.15) is 0 Å². The van der Waals surface area contributed by atoms with E-state index in [1.165, 1.54) is 0 Å². The highest BCUT2D eigenvalue weighted by Crippen LogP contribution is 2.01. The minimum Gasteiger partial charge on any atom is -0.480 e. The lowest BCUT2D eigenvalue weighted by atomic mass is 10.1. The molecular weight excluding hydrogens is 174 g/mol. The topological polar surface area (TPSA) is 132 Å². The van der Waals surface area contributed by atoms with Crippen LogP contribution in [0.3, 0.4) is 0 Å². The molecule has 1 unspecified atom stereocenters. The molecule has 0 radical (unpaired) electrons. The van der Waals surface area contributed by atoms with E-state index in [2.05, 4.69) is 0 Å². The first kappa shape index (κ1) is 11.9. The Morgan fingerprint density at radius 2 is 1.62 bits per heavy atom. The largest absolute Gasteiger partial charge is 0.480 e. The molecule has 0 saturated carbocycles. The molecule has 0 aromatic rings. The molecule has 0 heterocycles. The van der Waals surface area contributed by atoms with Crippen molar-refractivity contribution < 1.29 is 14.7 Å². The highest BCUT2D eigenvalue weighted by Gasteiger charge is 2.13. The van der Waals surface area contributed by atoms with Crippen LogP contribution < -0.4 is 17.2 Å². The van der Waals surface area contributed by atoms with Crippen molar-refractivity contribution in [3.63, 3.8) is 0 Å². The molecule has 7 N–H and O–H groups in total. The Morgan fingerprint density at radius 3 is 2.00 bits per heavy atom. The van der Waals surface area contributed by atoms with Gasteiger partial charge in [0.25, 0.3) is 0 Å². The molecule has 6 heteroatoms. The number of carbonyl (C=O) groups excluding carboxylic acids is 1. The number of carbonyl (C=O) groups is 2. The lowest BCUT2D eigenvalue weighted by molar-refractivity contribution is -0.138. The normalized spacial score (nSPS) is 14.9. The summed E-state index contributed by atoms with van der Waals surface area (Å²) >= 11 is 0. The SMILES string of the molecule is NC(=O)C(N)CCC[C@H](N)C(=O)O. The highest BCUT2D eigenvalue weighted by molar-refractivity contribution is 5.79. The number of rotatable bonds is 6. The van der Waals surface area contributed by atoms with Crippen molar-refractivity contribution in [2.45, 2.75) is 31.3 Å². The maximum Gasteiger partial charge on any atom is 0.320 e. The fourth-order valence-electron chi connectivity index (χ4n) is 0.823. The van der Waals surface area contributed by atoms with Gasteiger partial charge in [-0.3, -0.25) is 9.59 Å². The van der Waals surface area contributed by atoms with Gasteiger partial charge in [0, 0.05) is 0 Å².